The van der Waals surface area contributed by atoms with Crippen molar-refractivity contribution in [2.24, 2.45) is 0 Å². The van der Waals surface area contributed by atoms with Crippen molar-refractivity contribution in [3.63, 3.8) is 0 Å². The van der Waals surface area contributed by atoms with Gasteiger partial charge in [0, 0.05) is 11.3 Å². The minimum atomic E-state index is -0.157. The molecule has 0 aliphatic rings. The Bertz CT molecular complexity index is 1340. The zero-order valence-corrected chi connectivity index (χ0v) is 21.4. The lowest BCUT2D eigenvalue weighted by Crippen LogP contribution is -2.14. The number of carbonyl (C=O) groups excluding carboxylic acids is 2. The van der Waals surface area contributed by atoms with Crippen molar-refractivity contribution in [1.29, 1.82) is 0 Å². The van der Waals surface area contributed by atoms with E-state index in [9.17, 15) is 9.59 Å². The highest BCUT2D eigenvalue weighted by molar-refractivity contribution is 8.01. The number of para-hydroxylation sites is 1. The molecule has 4 aromatic rings. The highest BCUT2D eigenvalue weighted by Gasteiger charge is 2.15. The van der Waals surface area contributed by atoms with Crippen molar-refractivity contribution in [2.75, 3.05) is 16.4 Å². The molecule has 1 aromatic heterocycles. The lowest BCUT2D eigenvalue weighted by molar-refractivity contribution is -0.113. The highest BCUT2D eigenvalue weighted by Crippen LogP contribution is 2.32. The summed E-state index contributed by atoms with van der Waals surface area (Å²) in [5.74, 6) is -0.0860. The maximum absolute atomic E-state index is 12.7. The molecule has 2 N–H and O–H groups in total. The van der Waals surface area contributed by atoms with Crippen LogP contribution in [-0.4, -0.2) is 22.6 Å². The fourth-order valence-electron chi connectivity index (χ4n) is 3.24. The average molecular weight is 510 g/mol. The van der Waals surface area contributed by atoms with E-state index in [1.165, 1.54) is 28.7 Å². The molecule has 34 heavy (non-hydrogen) atoms. The van der Waals surface area contributed by atoms with Gasteiger partial charge in [0.05, 0.1) is 26.7 Å². The standard InChI is InChI=1S/C26H24ClN3O2S2/c1-26(2,3)17-10-8-16(9-11-17)24(32)28-18-12-13-21-22(14-18)34-25(30-21)33-15-23(31)29-20-7-5-4-6-19(20)27/h4-14H,15H2,1-3H3,(H,28,32)(H,29,31). The summed E-state index contributed by atoms with van der Waals surface area (Å²) in [6.07, 6.45) is 0. The van der Waals surface area contributed by atoms with Gasteiger partial charge in [0.25, 0.3) is 5.91 Å². The Morgan fingerprint density at radius 3 is 2.44 bits per heavy atom. The number of aromatic nitrogens is 1. The number of hydrogen-bond acceptors (Lipinski definition) is 5. The van der Waals surface area contributed by atoms with E-state index in [-0.39, 0.29) is 23.0 Å². The molecule has 0 fully saturated rings. The fraction of sp³-hybridized carbons (Fsp3) is 0.192. The van der Waals surface area contributed by atoms with E-state index in [4.69, 9.17) is 11.6 Å². The van der Waals surface area contributed by atoms with Crippen LogP contribution in [-0.2, 0) is 10.2 Å². The SMILES string of the molecule is CC(C)(C)c1ccc(C(=O)Nc2ccc3nc(SCC(=O)Nc4ccccc4Cl)sc3c2)cc1. The molecular weight excluding hydrogens is 486 g/mol. The van der Waals surface area contributed by atoms with Crippen LogP contribution in [0.3, 0.4) is 0 Å². The van der Waals surface area contributed by atoms with Crippen LogP contribution in [0, 0.1) is 0 Å². The van der Waals surface area contributed by atoms with Crippen molar-refractivity contribution in [2.45, 2.75) is 30.5 Å². The van der Waals surface area contributed by atoms with Gasteiger partial charge in [-0.25, -0.2) is 4.98 Å². The number of fused-ring (bicyclic) bond motifs is 1. The Morgan fingerprint density at radius 2 is 1.74 bits per heavy atom. The number of amides is 2. The number of rotatable bonds is 6. The number of nitrogens with one attached hydrogen (secondary N) is 2. The third-order valence-corrected chi connectivity index (χ3v) is 7.61. The van der Waals surface area contributed by atoms with Crippen LogP contribution < -0.4 is 10.6 Å². The summed E-state index contributed by atoms with van der Waals surface area (Å²) >= 11 is 8.94. The van der Waals surface area contributed by atoms with Gasteiger partial charge in [0.2, 0.25) is 5.91 Å². The smallest absolute Gasteiger partial charge is 0.255 e. The van der Waals surface area contributed by atoms with Gasteiger partial charge < -0.3 is 10.6 Å². The number of carbonyl (C=O) groups is 2. The summed E-state index contributed by atoms with van der Waals surface area (Å²) in [7, 11) is 0. The molecule has 4 rings (SSSR count). The largest absolute Gasteiger partial charge is 0.324 e. The molecule has 3 aromatic carbocycles. The number of halogens is 1. The van der Waals surface area contributed by atoms with E-state index < -0.39 is 0 Å². The van der Waals surface area contributed by atoms with Gasteiger partial charge >= 0.3 is 0 Å². The number of benzene rings is 3. The lowest BCUT2D eigenvalue weighted by atomic mass is 9.87. The summed E-state index contributed by atoms with van der Waals surface area (Å²) in [6, 6.07) is 20.4. The number of anilines is 2. The van der Waals surface area contributed by atoms with Gasteiger partial charge in [0.1, 0.15) is 0 Å². The highest BCUT2D eigenvalue weighted by atomic mass is 35.5. The van der Waals surface area contributed by atoms with Crippen LogP contribution in [0.4, 0.5) is 11.4 Å². The topological polar surface area (TPSA) is 71.1 Å². The molecule has 2 amide bonds. The summed E-state index contributed by atoms with van der Waals surface area (Å²) < 4.78 is 1.72. The maximum Gasteiger partial charge on any atom is 0.255 e. The first-order chi connectivity index (χ1) is 16.2. The maximum atomic E-state index is 12.7. The van der Waals surface area contributed by atoms with Crippen LogP contribution in [0.5, 0.6) is 0 Å². The van der Waals surface area contributed by atoms with Gasteiger partial charge in [-0.2, -0.15) is 0 Å². The second-order valence-corrected chi connectivity index (χ2v) is 11.4. The van der Waals surface area contributed by atoms with Gasteiger partial charge in [-0.3, -0.25) is 9.59 Å². The molecule has 0 unspecified atom stereocenters. The van der Waals surface area contributed by atoms with Crippen molar-refractivity contribution in [3.05, 3.63) is 82.9 Å². The minimum absolute atomic E-state index is 0.0389. The molecule has 5 nitrogen and oxygen atoms in total. The van der Waals surface area contributed by atoms with Crippen molar-refractivity contribution >= 4 is 68.1 Å². The van der Waals surface area contributed by atoms with E-state index in [0.29, 0.717) is 22.0 Å². The first-order valence-corrected chi connectivity index (χ1v) is 12.9. The minimum Gasteiger partial charge on any atom is -0.324 e. The molecule has 0 bridgehead atoms. The van der Waals surface area contributed by atoms with Gasteiger partial charge in [0.15, 0.2) is 4.34 Å². The summed E-state index contributed by atoms with van der Waals surface area (Å²) in [4.78, 5) is 29.5. The predicted octanol–water partition coefficient (Wildman–Crippen LogP) is 7.23. The molecule has 8 heteroatoms. The van der Waals surface area contributed by atoms with Crippen LogP contribution >= 0.6 is 34.7 Å². The number of thiazole rings is 1. The fourth-order valence-corrected chi connectivity index (χ4v) is 5.33. The van der Waals surface area contributed by atoms with E-state index >= 15 is 0 Å². The van der Waals surface area contributed by atoms with Crippen molar-refractivity contribution in [1.82, 2.24) is 4.98 Å². The summed E-state index contributed by atoms with van der Waals surface area (Å²) in [5.41, 5.74) is 3.95. The Hall–Kier alpha value is -2.87. The molecule has 0 spiro atoms. The second kappa shape index (κ2) is 10.2. The Morgan fingerprint density at radius 1 is 1.00 bits per heavy atom. The molecule has 174 valence electrons. The first-order valence-electron chi connectivity index (χ1n) is 10.7. The van der Waals surface area contributed by atoms with Crippen LogP contribution in [0.2, 0.25) is 5.02 Å². The predicted molar refractivity (Wildman–Crippen MR) is 144 cm³/mol. The molecule has 1 heterocycles. The van der Waals surface area contributed by atoms with Crippen LogP contribution in [0.15, 0.2) is 71.1 Å². The third kappa shape index (κ3) is 5.97. The first kappa shape index (κ1) is 24.3. The normalized spacial score (nSPS) is 11.4. The summed E-state index contributed by atoms with van der Waals surface area (Å²) in [6.45, 7) is 6.43. The number of nitrogens with zero attached hydrogens (tertiary/aromatic N) is 1. The van der Waals surface area contributed by atoms with Gasteiger partial charge in [-0.1, -0.05) is 68.4 Å². The molecular formula is C26H24ClN3O2S2. The Balaban J connectivity index is 1.38. The second-order valence-electron chi connectivity index (χ2n) is 8.76. The van der Waals surface area contributed by atoms with Crippen LogP contribution in [0.1, 0.15) is 36.7 Å². The Labute approximate surface area is 211 Å². The molecule has 0 aliphatic heterocycles. The van der Waals surface area contributed by atoms with E-state index in [1.54, 1.807) is 12.1 Å². The molecule has 0 saturated heterocycles. The Kier molecular flexibility index (Phi) is 7.26. The van der Waals surface area contributed by atoms with E-state index in [0.717, 1.165) is 14.6 Å². The number of hydrogen-bond donors (Lipinski definition) is 2. The molecule has 0 aliphatic carbocycles. The van der Waals surface area contributed by atoms with E-state index in [1.807, 2.05) is 54.6 Å². The molecule has 0 atom stereocenters. The molecule has 0 radical (unpaired) electrons. The zero-order valence-electron chi connectivity index (χ0n) is 19.0. The van der Waals surface area contributed by atoms with E-state index in [2.05, 4.69) is 36.4 Å². The zero-order chi connectivity index (χ0) is 24.3. The van der Waals surface area contributed by atoms with Crippen molar-refractivity contribution < 1.29 is 9.59 Å². The average Bonchev–Trinajstić information content (AvgIpc) is 3.21. The number of thioether (sulfide) groups is 1. The third-order valence-electron chi connectivity index (χ3n) is 5.11. The monoisotopic (exact) mass is 509 g/mol. The van der Waals surface area contributed by atoms with Gasteiger partial charge in [-0.05, 0) is 53.4 Å². The lowest BCUT2D eigenvalue weighted by Gasteiger charge is -2.19. The quantitative estimate of drug-likeness (QED) is 0.269. The molecule has 0 saturated carbocycles. The van der Waals surface area contributed by atoms with Gasteiger partial charge in [-0.15, -0.1) is 11.3 Å². The van der Waals surface area contributed by atoms with Crippen LogP contribution in [0.25, 0.3) is 10.2 Å². The summed E-state index contributed by atoms with van der Waals surface area (Å²) in [5, 5.41) is 6.27. The van der Waals surface area contributed by atoms with Crippen molar-refractivity contribution in [3.8, 4) is 0 Å².